The zero-order chi connectivity index (χ0) is 12.3. The van der Waals surface area contributed by atoms with E-state index < -0.39 is 0 Å². The molecule has 1 amide bonds. The molecule has 0 bridgehead atoms. The number of hydrogen-bond acceptors (Lipinski definition) is 3. The smallest absolute Gasteiger partial charge is 0.227 e. The molecule has 0 saturated carbocycles. The van der Waals surface area contributed by atoms with Crippen LogP contribution in [0.1, 0.15) is 18.5 Å². The van der Waals surface area contributed by atoms with Crippen molar-refractivity contribution in [3.05, 3.63) is 35.9 Å². The van der Waals surface area contributed by atoms with Gasteiger partial charge in [0.15, 0.2) is 0 Å². The molecule has 1 fully saturated rings. The molecular formula is C13H18N2O2. The topological polar surface area (TPSA) is 64.3 Å². The quantitative estimate of drug-likeness (QED) is 0.814. The van der Waals surface area contributed by atoms with Gasteiger partial charge in [0.25, 0.3) is 0 Å². The molecule has 0 spiro atoms. The van der Waals surface area contributed by atoms with Gasteiger partial charge < -0.3 is 15.8 Å². The first-order chi connectivity index (χ1) is 8.18. The highest BCUT2D eigenvalue weighted by atomic mass is 16.5. The Morgan fingerprint density at radius 3 is 2.71 bits per heavy atom. The summed E-state index contributed by atoms with van der Waals surface area (Å²) in [5.74, 6) is -0.243. The molecule has 2 rings (SSSR count). The van der Waals surface area contributed by atoms with Gasteiger partial charge in [0, 0.05) is 6.04 Å². The van der Waals surface area contributed by atoms with Crippen LogP contribution >= 0.6 is 0 Å². The summed E-state index contributed by atoms with van der Waals surface area (Å²) in [6.07, 6.45) is 0. The molecule has 1 heterocycles. The van der Waals surface area contributed by atoms with E-state index in [1.807, 2.05) is 37.3 Å². The molecule has 1 saturated heterocycles. The predicted octanol–water partition coefficient (Wildman–Crippen LogP) is 0.838. The van der Waals surface area contributed by atoms with Crippen LogP contribution in [0.5, 0.6) is 0 Å². The van der Waals surface area contributed by atoms with Crippen LogP contribution in [0.2, 0.25) is 0 Å². The fourth-order valence-corrected chi connectivity index (χ4v) is 1.99. The van der Waals surface area contributed by atoms with Gasteiger partial charge in [-0.05, 0) is 12.5 Å². The van der Waals surface area contributed by atoms with Crippen LogP contribution in [0.3, 0.4) is 0 Å². The molecule has 4 heteroatoms. The van der Waals surface area contributed by atoms with Crippen LogP contribution < -0.4 is 11.1 Å². The maximum atomic E-state index is 12.0. The number of carbonyl (C=O) groups is 1. The van der Waals surface area contributed by atoms with Crippen LogP contribution in [-0.2, 0) is 9.53 Å². The van der Waals surface area contributed by atoms with E-state index in [4.69, 9.17) is 10.5 Å². The summed E-state index contributed by atoms with van der Waals surface area (Å²) in [6.45, 7) is 2.86. The number of ether oxygens (including phenoxy) is 1. The second-order valence-electron chi connectivity index (χ2n) is 4.45. The molecule has 0 radical (unpaired) electrons. The summed E-state index contributed by atoms with van der Waals surface area (Å²) in [5.41, 5.74) is 6.90. The monoisotopic (exact) mass is 234 g/mol. The third-order valence-electron chi connectivity index (χ3n) is 3.12. The van der Waals surface area contributed by atoms with Crippen molar-refractivity contribution in [2.24, 2.45) is 11.7 Å². The highest BCUT2D eigenvalue weighted by Crippen LogP contribution is 2.16. The molecule has 4 nitrogen and oxygen atoms in total. The van der Waals surface area contributed by atoms with Crippen LogP contribution in [0.15, 0.2) is 30.3 Å². The predicted molar refractivity (Wildman–Crippen MR) is 65.3 cm³/mol. The SMILES string of the molecule is CC(NC(=O)C1COCC1N)c1ccccc1. The number of nitrogens with one attached hydrogen (secondary N) is 1. The molecule has 0 aliphatic carbocycles. The van der Waals surface area contributed by atoms with Crippen molar-refractivity contribution < 1.29 is 9.53 Å². The fourth-order valence-electron chi connectivity index (χ4n) is 1.99. The Hall–Kier alpha value is -1.39. The number of rotatable bonds is 3. The van der Waals surface area contributed by atoms with Gasteiger partial charge in [0.2, 0.25) is 5.91 Å². The van der Waals surface area contributed by atoms with Crippen molar-refractivity contribution in [1.29, 1.82) is 0 Å². The van der Waals surface area contributed by atoms with E-state index in [0.29, 0.717) is 13.2 Å². The van der Waals surface area contributed by atoms with E-state index in [9.17, 15) is 4.79 Å². The second kappa shape index (κ2) is 5.29. The molecule has 3 N–H and O–H groups in total. The molecule has 1 aromatic carbocycles. The first kappa shape index (κ1) is 12.1. The molecule has 3 atom stereocenters. The maximum absolute atomic E-state index is 12.0. The Balaban J connectivity index is 1.95. The molecule has 1 aliphatic rings. The highest BCUT2D eigenvalue weighted by molar-refractivity contribution is 5.80. The maximum Gasteiger partial charge on any atom is 0.227 e. The van der Waals surface area contributed by atoms with Gasteiger partial charge in [-0.3, -0.25) is 4.79 Å². The lowest BCUT2D eigenvalue weighted by Crippen LogP contribution is -2.41. The number of carbonyl (C=O) groups excluding carboxylic acids is 1. The standard InChI is InChI=1S/C13H18N2O2/c1-9(10-5-3-2-4-6-10)15-13(16)11-7-17-8-12(11)14/h2-6,9,11-12H,7-8,14H2,1H3,(H,15,16). The average Bonchev–Trinajstić information content (AvgIpc) is 2.76. The van der Waals surface area contributed by atoms with Gasteiger partial charge in [-0.25, -0.2) is 0 Å². The Bertz CT molecular complexity index is 380. The number of amides is 1. The van der Waals surface area contributed by atoms with Gasteiger partial charge in [-0.1, -0.05) is 30.3 Å². The fraction of sp³-hybridized carbons (Fsp3) is 0.462. The van der Waals surface area contributed by atoms with Gasteiger partial charge in [0.05, 0.1) is 25.2 Å². The van der Waals surface area contributed by atoms with Crippen LogP contribution in [0.25, 0.3) is 0 Å². The summed E-state index contributed by atoms with van der Waals surface area (Å²) in [7, 11) is 0. The van der Waals surface area contributed by atoms with Gasteiger partial charge >= 0.3 is 0 Å². The van der Waals surface area contributed by atoms with E-state index in [2.05, 4.69) is 5.32 Å². The van der Waals surface area contributed by atoms with Gasteiger partial charge in [-0.15, -0.1) is 0 Å². The van der Waals surface area contributed by atoms with Crippen molar-refractivity contribution >= 4 is 5.91 Å². The van der Waals surface area contributed by atoms with Crippen LogP contribution in [-0.4, -0.2) is 25.2 Å². The first-order valence-electron chi connectivity index (χ1n) is 5.87. The normalized spacial score (nSPS) is 25.5. The van der Waals surface area contributed by atoms with E-state index in [1.165, 1.54) is 0 Å². The first-order valence-corrected chi connectivity index (χ1v) is 5.87. The molecule has 0 aromatic heterocycles. The van der Waals surface area contributed by atoms with Crippen LogP contribution in [0, 0.1) is 5.92 Å². The molecule has 92 valence electrons. The van der Waals surface area contributed by atoms with E-state index in [-0.39, 0.29) is 23.9 Å². The Labute approximate surface area is 101 Å². The lowest BCUT2D eigenvalue weighted by Gasteiger charge is -2.18. The Kier molecular flexibility index (Phi) is 3.76. The molecular weight excluding hydrogens is 216 g/mol. The van der Waals surface area contributed by atoms with E-state index >= 15 is 0 Å². The summed E-state index contributed by atoms with van der Waals surface area (Å²) >= 11 is 0. The summed E-state index contributed by atoms with van der Waals surface area (Å²) in [6, 6.07) is 9.68. The number of nitrogens with two attached hydrogens (primary N) is 1. The third-order valence-corrected chi connectivity index (χ3v) is 3.12. The summed E-state index contributed by atoms with van der Waals surface area (Å²) < 4.78 is 5.19. The third kappa shape index (κ3) is 2.84. The van der Waals surface area contributed by atoms with Crippen molar-refractivity contribution in [3.63, 3.8) is 0 Å². The minimum Gasteiger partial charge on any atom is -0.379 e. The van der Waals surface area contributed by atoms with Crippen molar-refractivity contribution in [2.75, 3.05) is 13.2 Å². The average molecular weight is 234 g/mol. The largest absolute Gasteiger partial charge is 0.379 e. The van der Waals surface area contributed by atoms with Crippen molar-refractivity contribution in [3.8, 4) is 0 Å². The Morgan fingerprint density at radius 2 is 2.12 bits per heavy atom. The zero-order valence-electron chi connectivity index (χ0n) is 9.93. The molecule has 1 aromatic rings. The lowest BCUT2D eigenvalue weighted by atomic mass is 10.0. The second-order valence-corrected chi connectivity index (χ2v) is 4.45. The van der Waals surface area contributed by atoms with E-state index in [0.717, 1.165) is 5.56 Å². The zero-order valence-corrected chi connectivity index (χ0v) is 9.93. The highest BCUT2D eigenvalue weighted by Gasteiger charge is 2.31. The summed E-state index contributed by atoms with van der Waals surface area (Å²) in [4.78, 5) is 12.0. The van der Waals surface area contributed by atoms with Crippen molar-refractivity contribution in [2.45, 2.75) is 19.0 Å². The minimum atomic E-state index is -0.221. The molecule has 3 unspecified atom stereocenters. The van der Waals surface area contributed by atoms with Gasteiger partial charge in [0.1, 0.15) is 0 Å². The Morgan fingerprint density at radius 1 is 1.41 bits per heavy atom. The molecule has 1 aliphatic heterocycles. The minimum absolute atomic E-state index is 0.00324. The number of benzene rings is 1. The number of hydrogen-bond donors (Lipinski definition) is 2. The van der Waals surface area contributed by atoms with Crippen molar-refractivity contribution in [1.82, 2.24) is 5.32 Å². The van der Waals surface area contributed by atoms with E-state index in [1.54, 1.807) is 0 Å². The molecule has 17 heavy (non-hydrogen) atoms. The van der Waals surface area contributed by atoms with Crippen LogP contribution in [0.4, 0.5) is 0 Å². The summed E-state index contributed by atoms with van der Waals surface area (Å²) in [5, 5.41) is 2.97. The lowest BCUT2D eigenvalue weighted by molar-refractivity contribution is -0.125. The van der Waals surface area contributed by atoms with Gasteiger partial charge in [-0.2, -0.15) is 0 Å².